The summed E-state index contributed by atoms with van der Waals surface area (Å²) >= 11 is 1.58. The molecule has 0 atom stereocenters. The van der Waals surface area contributed by atoms with Gasteiger partial charge in [-0.25, -0.2) is 4.98 Å². The highest BCUT2D eigenvalue weighted by atomic mass is 32.1. The van der Waals surface area contributed by atoms with Gasteiger partial charge in [0.15, 0.2) is 0 Å². The van der Waals surface area contributed by atoms with Gasteiger partial charge in [0.1, 0.15) is 22.9 Å². The first-order valence-corrected chi connectivity index (χ1v) is 10.6. The molecule has 1 aliphatic carbocycles. The Morgan fingerprint density at radius 1 is 0.933 bits per heavy atom. The second-order valence-corrected chi connectivity index (χ2v) is 8.00. The van der Waals surface area contributed by atoms with E-state index in [4.69, 9.17) is 9.47 Å². The smallest absolute Gasteiger partial charge is 0.119 e. The third-order valence-corrected chi connectivity index (χ3v) is 6.34. The van der Waals surface area contributed by atoms with E-state index in [1.807, 2.05) is 35.2 Å². The van der Waals surface area contributed by atoms with Crippen molar-refractivity contribution in [2.24, 2.45) is 0 Å². The van der Waals surface area contributed by atoms with E-state index in [-0.39, 0.29) is 5.41 Å². The van der Waals surface area contributed by atoms with Crippen LogP contribution in [0.25, 0.3) is 17.5 Å². The van der Waals surface area contributed by atoms with Crippen LogP contribution in [0.4, 0.5) is 0 Å². The van der Waals surface area contributed by atoms with Gasteiger partial charge in [0.05, 0.1) is 19.7 Å². The van der Waals surface area contributed by atoms with Crippen molar-refractivity contribution in [2.75, 3.05) is 14.2 Å². The van der Waals surface area contributed by atoms with Gasteiger partial charge < -0.3 is 9.47 Å². The number of benzene rings is 2. The standard InChI is InChI=1S/C24H21N3O2S/c1-28-18-7-3-16(4-8-18)24(17-5-9-19(29-2)10-6-17)12-11-20-21(13-24)26-27-23(20)22-14-30-15-25-22/h3-12,14-15H,13H2,1-2H3,(H,26,27). The van der Waals surface area contributed by atoms with Gasteiger partial charge in [0.2, 0.25) is 0 Å². The van der Waals surface area contributed by atoms with Crippen molar-refractivity contribution in [3.8, 4) is 22.9 Å². The average Bonchev–Trinajstić information content (AvgIpc) is 3.48. The molecule has 0 amide bonds. The molecule has 2 aromatic carbocycles. The molecule has 2 aromatic heterocycles. The lowest BCUT2D eigenvalue weighted by molar-refractivity contribution is 0.414. The van der Waals surface area contributed by atoms with Gasteiger partial charge in [-0.3, -0.25) is 5.10 Å². The maximum Gasteiger partial charge on any atom is 0.119 e. The molecule has 0 aliphatic heterocycles. The fourth-order valence-corrected chi connectivity index (χ4v) is 4.67. The number of nitrogens with zero attached hydrogens (tertiary/aromatic N) is 2. The van der Waals surface area contributed by atoms with Gasteiger partial charge in [-0.1, -0.05) is 36.4 Å². The third-order valence-electron chi connectivity index (χ3n) is 5.76. The molecule has 1 aliphatic rings. The minimum atomic E-state index is -0.322. The van der Waals surface area contributed by atoms with E-state index in [2.05, 4.69) is 51.6 Å². The molecule has 0 saturated carbocycles. The molecule has 0 fully saturated rings. The lowest BCUT2D eigenvalue weighted by Gasteiger charge is -2.34. The molecule has 30 heavy (non-hydrogen) atoms. The molecule has 4 aromatic rings. The Morgan fingerprint density at radius 3 is 2.10 bits per heavy atom. The Hall–Kier alpha value is -3.38. The van der Waals surface area contributed by atoms with Crippen molar-refractivity contribution >= 4 is 17.4 Å². The fraction of sp³-hybridized carbons (Fsp3) is 0.167. The van der Waals surface area contributed by atoms with E-state index in [1.54, 1.807) is 25.6 Å². The van der Waals surface area contributed by atoms with Gasteiger partial charge in [0.25, 0.3) is 0 Å². The number of hydrogen-bond acceptors (Lipinski definition) is 5. The zero-order valence-corrected chi connectivity index (χ0v) is 17.6. The molecule has 2 heterocycles. The van der Waals surface area contributed by atoms with E-state index in [9.17, 15) is 0 Å². The lowest BCUT2D eigenvalue weighted by atomic mass is 9.68. The van der Waals surface area contributed by atoms with Crippen LogP contribution in [0.5, 0.6) is 11.5 Å². The highest BCUT2D eigenvalue weighted by molar-refractivity contribution is 7.07. The number of hydrogen-bond donors (Lipinski definition) is 1. The quantitative estimate of drug-likeness (QED) is 0.492. The number of nitrogens with one attached hydrogen (secondary N) is 1. The van der Waals surface area contributed by atoms with E-state index >= 15 is 0 Å². The number of ether oxygens (including phenoxy) is 2. The van der Waals surface area contributed by atoms with Crippen LogP contribution in [0.2, 0.25) is 0 Å². The minimum Gasteiger partial charge on any atom is -0.497 e. The number of allylic oxidation sites excluding steroid dienone is 1. The average molecular weight is 416 g/mol. The number of rotatable bonds is 5. The van der Waals surface area contributed by atoms with Gasteiger partial charge in [-0.2, -0.15) is 5.10 Å². The number of thiazole rings is 1. The Bertz CT molecular complexity index is 1130. The lowest BCUT2D eigenvalue weighted by Crippen LogP contribution is -2.30. The Morgan fingerprint density at radius 2 is 1.57 bits per heavy atom. The van der Waals surface area contributed by atoms with Crippen molar-refractivity contribution in [3.63, 3.8) is 0 Å². The molecule has 1 N–H and O–H groups in total. The number of methoxy groups -OCH3 is 2. The monoisotopic (exact) mass is 415 g/mol. The maximum atomic E-state index is 5.37. The summed E-state index contributed by atoms with van der Waals surface area (Å²) in [5.41, 5.74) is 7.93. The minimum absolute atomic E-state index is 0.322. The van der Waals surface area contributed by atoms with Gasteiger partial charge in [-0.05, 0) is 35.4 Å². The first-order chi connectivity index (χ1) is 14.7. The van der Waals surface area contributed by atoms with E-state index in [0.717, 1.165) is 40.6 Å². The van der Waals surface area contributed by atoms with Crippen molar-refractivity contribution in [1.82, 2.24) is 15.2 Å². The van der Waals surface area contributed by atoms with Crippen LogP contribution in [0, 0.1) is 0 Å². The predicted molar refractivity (Wildman–Crippen MR) is 119 cm³/mol. The van der Waals surface area contributed by atoms with Crippen molar-refractivity contribution in [3.05, 3.63) is 87.9 Å². The second-order valence-electron chi connectivity index (χ2n) is 7.28. The first-order valence-electron chi connectivity index (χ1n) is 9.67. The van der Waals surface area contributed by atoms with Crippen molar-refractivity contribution in [1.29, 1.82) is 0 Å². The molecule has 0 saturated heterocycles. The highest BCUT2D eigenvalue weighted by Crippen LogP contribution is 2.43. The second kappa shape index (κ2) is 7.46. The Labute approximate surface area is 179 Å². The summed E-state index contributed by atoms with van der Waals surface area (Å²) in [6, 6.07) is 16.6. The van der Waals surface area contributed by atoms with Crippen molar-refractivity contribution < 1.29 is 9.47 Å². The van der Waals surface area contributed by atoms with E-state index in [0.29, 0.717) is 0 Å². The number of H-pyrrole nitrogens is 1. The predicted octanol–water partition coefficient (Wildman–Crippen LogP) is 5.11. The summed E-state index contributed by atoms with van der Waals surface area (Å²) in [5.74, 6) is 1.69. The molecule has 6 heteroatoms. The van der Waals surface area contributed by atoms with Gasteiger partial charge >= 0.3 is 0 Å². The van der Waals surface area contributed by atoms with Gasteiger partial charge in [0, 0.05) is 28.5 Å². The molecule has 150 valence electrons. The van der Waals surface area contributed by atoms with Crippen LogP contribution in [-0.2, 0) is 11.8 Å². The van der Waals surface area contributed by atoms with Crippen LogP contribution in [0.3, 0.4) is 0 Å². The zero-order valence-electron chi connectivity index (χ0n) is 16.8. The molecule has 0 radical (unpaired) electrons. The molecule has 5 rings (SSSR count). The van der Waals surface area contributed by atoms with Gasteiger partial charge in [-0.15, -0.1) is 11.3 Å². The van der Waals surface area contributed by atoms with Crippen molar-refractivity contribution in [2.45, 2.75) is 11.8 Å². The topological polar surface area (TPSA) is 60.0 Å². The summed E-state index contributed by atoms with van der Waals surface area (Å²) < 4.78 is 10.7. The van der Waals surface area contributed by atoms with Crippen LogP contribution in [0.15, 0.2) is 65.5 Å². The Balaban J connectivity index is 1.63. The zero-order chi connectivity index (χ0) is 20.6. The summed E-state index contributed by atoms with van der Waals surface area (Å²) in [4.78, 5) is 4.43. The largest absolute Gasteiger partial charge is 0.497 e. The molecular weight excluding hydrogens is 394 g/mol. The molecule has 0 spiro atoms. The SMILES string of the molecule is COc1ccc(C2(c3ccc(OC)cc3)C=Cc3c(-c4cscn4)n[nH]c3C2)cc1. The summed E-state index contributed by atoms with van der Waals surface area (Å²) in [6.07, 6.45) is 5.23. The molecule has 5 nitrogen and oxygen atoms in total. The van der Waals surface area contributed by atoms with Crippen LogP contribution < -0.4 is 9.47 Å². The first kappa shape index (κ1) is 18.6. The van der Waals surface area contributed by atoms with E-state index in [1.165, 1.54) is 11.1 Å². The summed E-state index contributed by atoms with van der Waals surface area (Å²) in [5, 5.41) is 9.87. The summed E-state index contributed by atoms with van der Waals surface area (Å²) in [6.45, 7) is 0. The third kappa shape index (κ3) is 3.00. The normalized spacial score (nSPS) is 14.3. The maximum absolute atomic E-state index is 5.37. The Kier molecular flexibility index (Phi) is 4.64. The fourth-order valence-electron chi connectivity index (χ4n) is 4.13. The van der Waals surface area contributed by atoms with Crippen LogP contribution >= 0.6 is 11.3 Å². The summed E-state index contributed by atoms with van der Waals surface area (Å²) in [7, 11) is 3.37. The number of fused-ring (bicyclic) bond motifs is 1. The molecular formula is C24H21N3O2S. The number of aromatic nitrogens is 3. The highest BCUT2D eigenvalue weighted by Gasteiger charge is 2.37. The molecule has 0 unspecified atom stereocenters. The van der Waals surface area contributed by atoms with E-state index < -0.39 is 0 Å². The van der Waals surface area contributed by atoms with Crippen LogP contribution in [-0.4, -0.2) is 29.4 Å². The number of aromatic amines is 1. The van der Waals surface area contributed by atoms with Crippen LogP contribution in [0.1, 0.15) is 22.4 Å². The molecule has 0 bridgehead atoms.